The van der Waals surface area contributed by atoms with Gasteiger partial charge >= 0.3 is 0 Å². The molecule has 2 aliphatic carbocycles. The fourth-order valence-corrected chi connectivity index (χ4v) is 4.09. The molecule has 2 rings (SSSR count). The first kappa shape index (κ1) is 14.8. The molecule has 2 atom stereocenters. The van der Waals surface area contributed by atoms with Crippen LogP contribution in [0.4, 0.5) is 0 Å². The Morgan fingerprint density at radius 1 is 1.00 bits per heavy atom. The third kappa shape index (κ3) is 4.79. The normalized spacial score (nSPS) is 29.3. The molecule has 0 aromatic carbocycles. The molecular weight excluding hydrogens is 236 g/mol. The number of nitrogens with two attached hydrogens (primary N) is 1. The molecule has 0 heterocycles. The van der Waals surface area contributed by atoms with Crippen LogP contribution in [-0.2, 0) is 4.79 Å². The summed E-state index contributed by atoms with van der Waals surface area (Å²) in [4.78, 5) is 10.8. The van der Waals surface area contributed by atoms with E-state index in [-0.39, 0.29) is 5.91 Å². The topological polar surface area (TPSA) is 55.1 Å². The fraction of sp³-hybridized carbons (Fsp3) is 0.938. The summed E-state index contributed by atoms with van der Waals surface area (Å²) in [6, 6.07) is 0.699. The smallest absolute Gasteiger partial charge is 0.217 e. The van der Waals surface area contributed by atoms with Gasteiger partial charge in [0.1, 0.15) is 0 Å². The summed E-state index contributed by atoms with van der Waals surface area (Å²) in [7, 11) is 0. The van der Waals surface area contributed by atoms with Crippen molar-refractivity contribution >= 4 is 5.91 Å². The number of rotatable bonds is 6. The van der Waals surface area contributed by atoms with Crippen LogP contribution in [0.5, 0.6) is 0 Å². The number of nitrogens with one attached hydrogen (secondary N) is 1. The first-order valence-corrected chi connectivity index (χ1v) is 8.29. The van der Waals surface area contributed by atoms with Crippen molar-refractivity contribution in [3.05, 3.63) is 0 Å². The maximum absolute atomic E-state index is 10.8. The van der Waals surface area contributed by atoms with Crippen LogP contribution in [0, 0.1) is 11.8 Å². The summed E-state index contributed by atoms with van der Waals surface area (Å²) >= 11 is 0. The van der Waals surface area contributed by atoms with E-state index in [2.05, 4.69) is 5.32 Å². The molecule has 2 fully saturated rings. The Bertz CT molecular complexity index is 274. The van der Waals surface area contributed by atoms with Crippen molar-refractivity contribution in [2.24, 2.45) is 17.6 Å². The Morgan fingerprint density at radius 2 is 1.68 bits per heavy atom. The monoisotopic (exact) mass is 266 g/mol. The second-order valence-electron chi connectivity index (χ2n) is 6.48. The average Bonchev–Trinajstić information content (AvgIpc) is 2.45. The van der Waals surface area contributed by atoms with Gasteiger partial charge in [-0.15, -0.1) is 0 Å². The molecule has 0 aromatic rings. The van der Waals surface area contributed by atoms with Gasteiger partial charge < -0.3 is 11.1 Å². The summed E-state index contributed by atoms with van der Waals surface area (Å²) < 4.78 is 0. The van der Waals surface area contributed by atoms with E-state index in [4.69, 9.17) is 5.73 Å². The highest BCUT2D eigenvalue weighted by Crippen LogP contribution is 2.38. The molecule has 0 aromatic heterocycles. The van der Waals surface area contributed by atoms with E-state index in [9.17, 15) is 4.79 Å². The Morgan fingerprint density at radius 3 is 2.42 bits per heavy atom. The molecule has 2 aliphatic rings. The second kappa shape index (κ2) is 7.88. The van der Waals surface area contributed by atoms with Gasteiger partial charge in [0.15, 0.2) is 0 Å². The van der Waals surface area contributed by atoms with Crippen LogP contribution < -0.4 is 11.1 Å². The van der Waals surface area contributed by atoms with Crippen molar-refractivity contribution in [2.75, 3.05) is 6.54 Å². The highest BCUT2D eigenvalue weighted by molar-refractivity contribution is 5.73. The van der Waals surface area contributed by atoms with Crippen LogP contribution in [0.1, 0.15) is 70.6 Å². The van der Waals surface area contributed by atoms with Crippen LogP contribution in [0.15, 0.2) is 0 Å². The molecule has 3 nitrogen and oxygen atoms in total. The predicted octanol–water partition coefficient (Wildman–Crippen LogP) is 2.98. The second-order valence-corrected chi connectivity index (χ2v) is 6.48. The zero-order valence-corrected chi connectivity index (χ0v) is 12.2. The van der Waals surface area contributed by atoms with Crippen LogP contribution >= 0.6 is 0 Å². The van der Waals surface area contributed by atoms with Gasteiger partial charge in [-0.2, -0.15) is 0 Å². The average molecular weight is 266 g/mol. The van der Waals surface area contributed by atoms with Crippen LogP contribution in [0.2, 0.25) is 0 Å². The number of primary amides is 1. The molecule has 19 heavy (non-hydrogen) atoms. The molecule has 0 bridgehead atoms. The zero-order chi connectivity index (χ0) is 13.5. The molecule has 2 unspecified atom stereocenters. The third-order valence-electron chi connectivity index (χ3n) is 5.08. The molecule has 3 N–H and O–H groups in total. The van der Waals surface area contributed by atoms with E-state index in [1.807, 2.05) is 0 Å². The van der Waals surface area contributed by atoms with Crippen molar-refractivity contribution in [1.29, 1.82) is 0 Å². The number of hydrogen-bond acceptors (Lipinski definition) is 2. The Hall–Kier alpha value is -0.570. The van der Waals surface area contributed by atoms with E-state index in [1.54, 1.807) is 0 Å². The predicted molar refractivity (Wildman–Crippen MR) is 78.8 cm³/mol. The van der Waals surface area contributed by atoms with Gasteiger partial charge in [0.2, 0.25) is 5.91 Å². The Balaban J connectivity index is 1.76. The minimum absolute atomic E-state index is 0.172. The molecule has 2 saturated carbocycles. The summed E-state index contributed by atoms with van der Waals surface area (Å²) in [5.74, 6) is 1.68. The summed E-state index contributed by atoms with van der Waals surface area (Å²) in [5, 5.41) is 3.72. The summed E-state index contributed by atoms with van der Waals surface area (Å²) in [5.41, 5.74) is 5.19. The van der Waals surface area contributed by atoms with E-state index >= 15 is 0 Å². The highest BCUT2D eigenvalue weighted by Gasteiger charge is 2.31. The maximum Gasteiger partial charge on any atom is 0.217 e. The van der Waals surface area contributed by atoms with E-state index in [0.29, 0.717) is 12.5 Å². The minimum Gasteiger partial charge on any atom is -0.370 e. The lowest BCUT2D eigenvalue weighted by atomic mass is 9.71. The largest absolute Gasteiger partial charge is 0.370 e. The first-order chi connectivity index (χ1) is 9.27. The lowest BCUT2D eigenvalue weighted by Crippen LogP contribution is -2.43. The van der Waals surface area contributed by atoms with Gasteiger partial charge in [0, 0.05) is 12.5 Å². The van der Waals surface area contributed by atoms with E-state index in [1.165, 1.54) is 57.8 Å². The quantitative estimate of drug-likeness (QED) is 0.726. The number of hydrogen-bond donors (Lipinski definition) is 2. The molecule has 110 valence electrons. The van der Waals surface area contributed by atoms with Gasteiger partial charge in [-0.3, -0.25) is 4.79 Å². The standard InChI is InChI=1S/C16H30N2O/c17-16(19)11-6-12-18-15-10-5-4-9-14(15)13-7-2-1-3-8-13/h13-15,18H,1-12H2,(H2,17,19). The minimum atomic E-state index is -0.172. The van der Waals surface area contributed by atoms with Crippen molar-refractivity contribution in [3.8, 4) is 0 Å². The number of amides is 1. The fourth-order valence-electron chi connectivity index (χ4n) is 4.09. The molecule has 0 saturated heterocycles. The summed E-state index contributed by atoms with van der Waals surface area (Å²) in [6.45, 7) is 0.955. The Labute approximate surface area is 117 Å². The lowest BCUT2D eigenvalue weighted by Gasteiger charge is -2.39. The zero-order valence-electron chi connectivity index (χ0n) is 12.2. The Kier molecular flexibility index (Phi) is 6.15. The highest BCUT2D eigenvalue weighted by atomic mass is 16.1. The number of carbonyl (C=O) groups is 1. The molecular formula is C16H30N2O. The third-order valence-corrected chi connectivity index (χ3v) is 5.08. The number of carbonyl (C=O) groups excluding carboxylic acids is 1. The van der Waals surface area contributed by atoms with Crippen molar-refractivity contribution < 1.29 is 4.79 Å². The van der Waals surface area contributed by atoms with Crippen molar-refractivity contribution in [3.63, 3.8) is 0 Å². The maximum atomic E-state index is 10.8. The molecule has 3 heteroatoms. The van der Waals surface area contributed by atoms with Crippen molar-refractivity contribution in [2.45, 2.75) is 76.7 Å². The lowest BCUT2D eigenvalue weighted by molar-refractivity contribution is -0.118. The van der Waals surface area contributed by atoms with Crippen LogP contribution in [0.25, 0.3) is 0 Å². The van der Waals surface area contributed by atoms with E-state index in [0.717, 1.165) is 24.8 Å². The van der Waals surface area contributed by atoms with Crippen molar-refractivity contribution in [1.82, 2.24) is 5.32 Å². The first-order valence-electron chi connectivity index (χ1n) is 8.29. The molecule has 1 amide bonds. The molecule has 0 aliphatic heterocycles. The van der Waals surface area contributed by atoms with Crippen LogP contribution in [-0.4, -0.2) is 18.5 Å². The van der Waals surface area contributed by atoms with Gasteiger partial charge in [-0.1, -0.05) is 44.9 Å². The van der Waals surface area contributed by atoms with Gasteiger partial charge in [0.05, 0.1) is 0 Å². The molecule has 0 radical (unpaired) electrons. The van der Waals surface area contributed by atoms with Gasteiger partial charge in [0.25, 0.3) is 0 Å². The SMILES string of the molecule is NC(=O)CCCNC1CCCCC1C1CCCCC1. The molecule has 0 spiro atoms. The van der Waals surface area contributed by atoms with E-state index < -0.39 is 0 Å². The van der Waals surface area contributed by atoms with Gasteiger partial charge in [-0.25, -0.2) is 0 Å². The van der Waals surface area contributed by atoms with Gasteiger partial charge in [-0.05, 0) is 37.6 Å². The summed E-state index contributed by atoms with van der Waals surface area (Å²) in [6.07, 6.45) is 14.2. The van der Waals surface area contributed by atoms with Crippen LogP contribution in [0.3, 0.4) is 0 Å².